The van der Waals surface area contributed by atoms with Gasteiger partial charge >= 0.3 is 0 Å². The number of amides is 1. The molecule has 2 aromatic heterocycles. The Morgan fingerprint density at radius 2 is 2.04 bits per heavy atom. The Morgan fingerprint density at radius 1 is 1.30 bits per heavy atom. The van der Waals surface area contributed by atoms with Gasteiger partial charge in [-0.2, -0.15) is 0 Å². The van der Waals surface area contributed by atoms with Crippen LogP contribution in [0.4, 0.5) is 0 Å². The van der Waals surface area contributed by atoms with Gasteiger partial charge in [0.15, 0.2) is 11.7 Å². The largest absolute Gasteiger partial charge is 0.459 e. The van der Waals surface area contributed by atoms with Gasteiger partial charge in [-0.15, -0.1) is 24.0 Å². The molecule has 0 radical (unpaired) electrons. The first kappa shape index (κ1) is 21.3. The van der Waals surface area contributed by atoms with Gasteiger partial charge in [0.2, 0.25) is 0 Å². The van der Waals surface area contributed by atoms with Crippen molar-refractivity contribution in [1.29, 1.82) is 0 Å². The molecule has 0 saturated carbocycles. The number of aliphatic imine (C=N–C) groups is 1. The average Bonchev–Trinajstić information content (AvgIpc) is 3.33. The molecular formula is C18H27IN6O2. The van der Waals surface area contributed by atoms with Crippen LogP contribution in [0.5, 0.6) is 0 Å². The van der Waals surface area contributed by atoms with Crippen LogP contribution in [0.2, 0.25) is 0 Å². The van der Waals surface area contributed by atoms with Crippen molar-refractivity contribution in [3.05, 3.63) is 42.4 Å². The van der Waals surface area contributed by atoms with Crippen LogP contribution < -0.4 is 5.32 Å². The van der Waals surface area contributed by atoms with E-state index in [4.69, 9.17) is 9.41 Å². The molecule has 1 N–H and O–H groups in total. The maximum atomic E-state index is 12.4. The molecule has 0 bridgehead atoms. The molecule has 148 valence electrons. The van der Waals surface area contributed by atoms with Gasteiger partial charge in [0.1, 0.15) is 5.82 Å². The number of guanidine groups is 1. The summed E-state index contributed by atoms with van der Waals surface area (Å²) in [5, 5.41) is 3.35. The number of imidazole rings is 1. The molecule has 0 aromatic carbocycles. The van der Waals surface area contributed by atoms with E-state index in [0.29, 0.717) is 25.4 Å². The molecule has 1 fully saturated rings. The molecule has 1 aliphatic rings. The number of piperazine rings is 1. The summed E-state index contributed by atoms with van der Waals surface area (Å²) in [6, 6.07) is 3.44. The molecule has 2 aromatic rings. The zero-order chi connectivity index (χ0) is 18.4. The topological polar surface area (TPSA) is 78.9 Å². The fourth-order valence-electron chi connectivity index (χ4n) is 3.01. The maximum absolute atomic E-state index is 12.4. The molecule has 0 atom stereocenters. The summed E-state index contributed by atoms with van der Waals surface area (Å²) in [4.78, 5) is 25.4. The van der Waals surface area contributed by atoms with E-state index < -0.39 is 0 Å². The molecule has 1 amide bonds. The second kappa shape index (κ2) is 10.3. The number of nitrogens with zero attached hydrogens (tertiary/aromatic N) is 5. The van der Waals surface area contributed by atoms with Crippen molar-refractivity contribution in [2.75, 3.05) is 39.3 Å². The van der Waals surface area contributed by atoms with Crippen LogP contribution in [-0.4, -0.2) is 70.5 Å². The standard InChI is InChI=1S/C18H26N6O2.HI/c1-3-19-18(21-7-9-22-8-6-20-15(22)2)24-12-10-23(11-13-24)17(25)16-5-4-14-26-16;/h4-6,8,14H,3,7,9-13H2,1-2H3,(H,19,21);1H. The lowest BCUT2D eigenvalue weighted by atomic mass is 10.3. The summed E-state index contributed by atoms with van der Waals surface area (Å²) in [6.07, 6.45) is 5.30. The summed E-state index contributed by atoms with van der Waals surface area (Å²) in [5.41, 5.74) is 0. The molecule has 3 rings (SSSR count). The maximum Gasteiger partial charge on any atom is 0.289 e. The molecule has 0 spiro atoms. The number of nitrogens with one attached hydrogen (secondary N) is 1. The number of halogens is 1. The third-order valence-corrected chi connectivity index (χ3v) is 4.46. The number of rotatable bonds is 5. The van der Waals surface area contributed by atoms with Crippen LogP contribution in [0, 0.1) is 6.92 Å². The van der Waals surface area contributed by atoms with Gasteiger partial charge in [0.05, 0.1) is 12.8 Å². The monoisotopic (exact) mass is 486 g/mol. The second-order valence-electron chi connectivity index (χ2n) is 6.16. The van der Waals surface area contributed by atoms with Gasteiger partial charge in [-0.1, -0.05) is 0 Å². The molecule has 0 aliphatic carbocycles. The van der Waals surface area contributed by atoms with Gasteiger partial charge < -0.3 is 24.1 Å². The molecule has 8 nitrogen and oxygen atoms in total. The van der Waals surface area contributed by atoms with Crippen LogP contribution in [-0.2, 0) is 6.54 Å². The van der Waals surface area contributed by atoms with Crippen molar-refractivity contribution in [3.8, 4) is 0 Å². The molecule has 27 heavy (non-hydrogen) atoms. The van der Waals surface area contributed by atoms with Crippen LogP contribution in [0.3, 0.4) is 0 Å². The van der Waals surface area contributed by atoms with E-state index in [1.807, 2.05) is 18.0 Å². The van der Waals surface area contributed by atoms with Gasteiger partial charge in [-0.3, -0.25) is 9.79 Å². The summed E-state index contributed by atoms with van der Waals surface area (Å²) < 4.78 is 7.30. The third-order valence-electron chi connectivity index (χ3n) is 4.46. The summed E-state index contributed by atoms with van der Waals surface area (Å²) >= 11 is 0. The first-order chi connectivity index (χ1) is 12.7. The number of carbonyl (C=O) groups is 1. The predicted octanol–water partition coefficient (Wildman–Crippen LogP) is 1.83. The highest BCUT2D eigenvalue weighted by Gasteiger charge is 2.25. The minimum absolute atomic E-state index is 0. The Kier molecular flexibility index (Phi) is 8.14. The normalized spacial score (nSPS) is 14.8. The van der Waals surface area contributed by atoms with Crippen molar-refractivity contribution in [2.45, 2.75) is 20.4 Å². The van der Waals surface area contributed by atoms with E-state index in [-0.39, 0.29) is 29.9 Å². The van der Waals surface area contributed by atoms with Gasteiger partial charge in [0, 0.05) is 51.7 Å². The molecule has 1 saturated heterocycles. The number of furan rings is 1. The highest BCUT2D eigenvalue weighted by atomic mass is 127. The smallest absolute Gasteiger partial charge is 0.289 e. The van der Waals surface area contributed by atoms with Crippen molar-refractivity contribution in [3.63, 3.8) is 0 Å². The minimum atomic E-state index is -0.0489. The zero-order valence-electron chi connectivity index (χ0n) is 15.8. The molecular weight excluding hydrogens is 459 g/mol. The van der Waals surface area contributed by atoms with E-state index in [0.717, 1.165) is 38.0 Å². The fourth-order valence-corrected chi connectivity index (χ4v) is 3.01. The fraction of sp³-hybridized carbons (Fsp3) is 0.500. The van der Waals surface area contributed by atoms with E-state index in [1.165, 1.54) is 6.26 Å². The van der Waals surface area contributed by atoms with Gasteiger partial charge in [-0.05, 0) is 26.0 Å². The number of aromatic nitrogens is 2. The average molecular weight is 486 g/mol. The highest BCUT2D eigenvalue weighted by Crippen LogP contribution is 2.09. The third kappa shape index (κ3) is 5.47. The van der Waals surface area contributed by atoms with Crippen molar-refractivity contribution in [2.24, 2.45) is 4.99 Å². The van der Waals surface area contributed by atoms with Crippen molar-refractivity contribution < 1.29 is 9.21 Å². The van der Waals surface area contributed by atoms with Crippen molar-refractivity contribution >= 4 is 35.8 Å². The van der Waals surface area contributed by atoms with E-state index in [1.54, 1.807) is 18.3 Å². The number of hydrogen-bond acceptors (Lipinski definition) is 4. The summed E-state index contributed by atoms with van der Waals surface area (Å²) in [6.45, 7) is 9.17. The van der Waals surface area contributed by atoms with Gasteiger partial charge in [-0.25, -0.2) is 4.98 Å². The molecule has 0 unspecified atom stereocenters. The Labute approximate surface area is 176 Å². The Morgan fingerprint density at radius 3 is 2.63 bits per heavy atom. The SMILES string of the molecule is CCNC(=NCCn1ccnc1C)N1CCN(C(=O)c2ccco2)CC1.I. The molecule has 1 aliphatic heterocycles. The number of aryl methyl sites for hydroxylation is 1. The zero-order valence-corrected chi connectivity index (χ0v) is 18.1. The number of carbonyl (C=O) groups excluding carboxylic acids is 1. The quantitative estimate of drug-likeness (QED) is 0.397. The van der Waals surface area contributed by atoms with Gasteiger partial charge in [0.25, 0.3) is 5.91 Å². The summed E-state index contributed by atoms with van der Waals surface area (Å²) in [7, 11) is 0. The first-order valence-corrected chi connectivity index (χ1v) is 9.03. The Balaban J connectivity index is 0.00000261. The lowest BCUT2D eigenvalue weighted by Crippen LogP contribution is -2.53. The highest BCUT2D eigenvalue weighted by molar-refractivity contribution is 14.0. The predicted molar refractivity (Wildman–Crippen MR) is 115 cm³/mol. The lowest BCUT2D eigenvalue weighted by molar-refractivity contribution is 0.0657. The van der Waals surface area contributed by atoms with E-state index in [9.17, 15) is 4.79 Å². The van der Waals surface area contributed by atoms with Crippen LogP contribution in [0.15, 0.2) is 40.2 Å². The number of hydrogen-bond donors (Lipinski definition) is 1. The van der Waals surface area contributed by atoms with Crippen LogP contribution in [0.25, 0.3) is 0 Å². The molecule has 9 heteroatoms. The van der Waals surface area contributed by atoms with Crippen LogP contribution in [0.1, 0.15) is 23.3 Å². The van der Waals surface area contributed by atoms with E-state index in [2.05, 4.69) is 26.7 Å². The van der Waals surface area contributed by atoms with Crippen molar-refractivity contribution in [1.82, 2.24) is 24.7 Å². The lowest BCUT2D eigenvalue weighted by Gasteiger charge is -2.36. The molecule has 3 heterocycles. The Bertz CT molecular complexity index is 735. The minimum Gasteiger partial charge on any atom is -0.459 e. The van der Waals surface area contributed by atoms with Crippen LogP contribution >= 0.6 is 24.0 Å². The van der Waals surface area contributed by atoms with E-state index >= 15 is 0 Å². The Hall–Kier alpha value is -2.04. The summed E-state index contributed by atoms with van der Waals surface area (Å²) in [5.74, 6) is 2.24. The first-order valence-electron chi connectivity index (χ1n) is 9.03. The second-order valence-corrected chi connectivity index (χ2v) is 6.16.